The van der Waals surface area contributed by atoms with Crippen LogP contribution in [0.3, 0.4) is 0 Å². The number of ether oxygens (including phenoxy) is 1. The van der Waals surface area contributed by atoms with E-state index in [0.29, 0.717) is 19.4 Å². The Balaban J connectivity index is 2.59. The highest BCUT2D eigenvalue weighted by molar-refractivity contribution is 6.18. The Hall–Kier alpha value is -0.770. The molecule has 1 fully saturated rings. The van der Waals surface area contributed by atoms with Gasteiger partial charge in [-0.3, -0.25) is 4.79 Å². The minimum absolute atomic E-state index is 0.0579. The molecule has 0 N–H and O–H groups in total. The molecule has 0 aliphatic carbocycles. The number of rotatable bonds is 3. The molecule has 0 aromatic rings. The van der Waals surface area contributed by atoms with Gasteiger partial charge in [0.25, 0.3) is 0 Å². The predicted octanol–water partition coefficient (Wildman–Crippen LogP) is 0.737. The Morgan fingerprint density at radius 1 is 1.77 bits per heavy atom. The van der Waals surface area contributed by atoms with Crippen LogP contribution in [0.4, 0.5) is 0 Å². The maximum Gasteiger partial charge on any atom is 0.328 e. The van der Waals surface area contributed by atoms with Crippen molar-refractivity contribution in [3.05, 3.63) is 0 Å². The number of carbonyl (C=O) groups excluding carboxylic acids is 2. The molecule has 74 valence electrons. The fourth-order valence-electron chi connectivity index (χ4n) is 1.37. The molecule has 1 atom stereocenters. The molecule has 0 aromatic heterocycles. The van der Waals surface area contributed by atoms with Gasteiger partial charge in [-0.15, -0.1) is 11.6 Å². The van der Waals surface area contributed by atoms with Gasteiger partial charge in [-0.25, -0.2) is 4.79 Å². The quantitative estimate of drug-likeness (QED) is 0.388. The number of amides is 1. The third-order valence-electron chi connectivity index (χ3n) is 2.02. The van der Waals surface area contributed by atoms with Crippen LogP contribution in [-0.2, 0) is 14.3 Å². The second kappa shape index (κ2) is 4.46. The third kappa shape index (κ3) is 2.12. The summed E-state index contributed by atoms with van der Waals surface area (Å²) in [6, 6.07) is -0.410. The van der Waals surface area contributed by atoms with Gasteiger partial charge in [-0.05, 0) is 13.3 Å². The molecule has 0 spiro atoms. The number of likely N-dealkylation sites (tertiary alicyclic amines) is 1. The van der Waals surface area contributed by atoms with Gasteiger partial charge < -0.3 is 9.64 Å². The van der Waals surface area contributed by atoms with Gasteiger partial charge in [0.2, 0.25) is 5.91 Å². The second-order valence-electron chi connectivity index (χ2n) is 2.79. The van der Waals surface area contributed by atoms with E-state index in [4.69, 9.17) is 16.3 Å². The number of alkyl halides is 1. The maximum absolute atomic E-state index is 11.3. The van der Waals surface area contributed by atoms with Crippen molar-refractivity contribution in [2.75, 3.05) is 12.6 Å². The summed E-state index contributed by atoms with van der Waals surface area (Å²) in [5, 5.41) is 0. The van der Waals surface area contributed by atoms with Crippen molar-refractivity contribution in [3.63, 3.8) is 0 Å². The van der Waals surface area contributed by atoms with Gasteiger partial charge in [-0.2, -0.15) is 0 Å². The molecule has 1 saturated heterocycles. The van der Waals surface area contributed by atoms with Gasteiger partial charge in [0.1, 0.15) is 6.04 Å². The number of hydrogen-bond acceptors (Lipinski definition) is 3. The zero-order valence-corrected chi connectivity index (χ0v) is 8.21. The van der Waals surface area contributed by atoms with Gasteiger partial charge >= 0.3 is 5.97 Å². The monoisotopic (exact) mass is 205 g/mol. The summed E-state index contributed by atoms with van der Waals surface area (Å²) in [4.78, 5) is 23.8. The molecule has 1 aliphatic heterocycles. The molecule has 4 nitrogen and oxygen atoms in total. The Labute approximate surface area is 81.8 Å². The lowest BCUT2D eigenvalue weighted by atomic mass is 10.2. The number of carbonyl (C=O) groups is 2. The predicted molar refractivity (Wildman–Crippen MR) is 47.2 cm³/mol. The van der Waals surface area contributed by atoms with E-state index in [1.807, 2.05) is 0 Å². The van der Waals surface area contributed by atoms with E-state index in [-0.39, 0.29) is 17.9 Å². The minimum atomic E-state index is -0.468. The highest BCUT2D eigenvalue weighted by atomic mass is 35.5. The van der Waals surface area contributed by atoms with E-state index < -0.39 is 6.04 Å². The Kier molecular flexibility index (Phi) is 3.54. The van der Waals surface area contributed by atoms with Gasteiger partial charge in [0, 0.05) is 6.42 Å². The van der Waals surface area contributed by atoms with Gasteiger partial charge in [0.05, 0.1) is 12.6 Å². The van der Waals surface area contributed by atoms with Crippen LogP contribution in [0.5, 0.6) is 0 Å². The fourth-order valence-corrected chi connectivity index (χ4v) is 1.67. The molecular weight excluding hydrogens is 194 g/mol. The molecule has 13 heavy (non-hydrogen) atoms. The summed E-state index contributed by atoms with van der Waals surface area (Å²) in [6.07, 6.45) is 0.903. The van der Waals surface area contributed by atoms with E-state index in [9.17, 15) is 9.59 Å². The van der Waals surface area contributed by atoms with Crippen LogP contribution in [0.15, 0.2) is 0 Å². The summed E-state index contributed by atoms with van der Waals surface area (Å²) in [5.41, 5.74) is 0. The maximum atomic E-state index is 11.3. The van der Waals surface area contributed by atoms with Crippen molar-refractivity contribution < 1.29 is 14.3 Å². The summed E-state index contributed by atoms with van der Waals surface area (Å²) < 4.78 is 4.81. The second-order valence-corrected chi connectivity index (χ2v) is 3.03. The lowest BCUT2D eigenvalue weighted by molar-refractivity contribution is -0.150. The largest absolute Gasteiger partial charge is 0.464 e. The van der Waals surface area contributed by atoms with Crippen LogP contribution in [0.25, 0.3) is 0 Å². The first-order valence-corrected chi connectivity index (χ1v) is 4.76. The fraction of sp³-hybridized carbons (Fsp3) is 0.750. The number of esters is 1. The normalized spacial score (nSPS) is 22.2. The van der Waals surface area contributed by atoms with Crippen molar-refractivity contribution in [2.24, 2.45) is 0 Å². The smallest absolute Gasteiger partial charge is 0.328 e. The lowest BCUT2D eigenvalue weighted by Crippen LogP contribution is -2.38. The molecule has 1 unspecified atom stereocenters. The van der Waals surface area contributed by atoms with Gasteiger partial charge in [-0.1, -0.05) is 0 Å². The van der Waals surface area contributed by atoms with E-state index >= 15 is 0 Å². The molecule has 0 saturated carbocycles. The summed E-state index contributed by atoms with van der Waals surface area (Å²) in [7, 11) is 0. The minimum Gasteiger partial charge on any atom is -0.464 e. The summed E-state index contributed by atoms with van der Waals surface area (Å²) in [5.74, 6) is -0.429. The Morgan fingerprint density at radius 3 is 3.00 bits per heavy atom. The topological polar surface area (TPSA) is 46.6 Å². The Bertz CT molecular complexity index is 219. The van der Waals surface area contributed by atoms with Crippen molar-refractivity contribution in [1.29, 1.82) is 0 Å². The van der Waals surface area contributed by atoms with Crippen LogP contribution in [0.1, 0.15) is 19.8 Å². The first-order valence-electron chi connectivity index (χ1n) is 4.22. The highest BCUT2D eigenvalue weighted by Gasteiger charge is 2.36. The molecule has 1 rings (SSSR count). The number of nitrogens with zero attached hydrogens (tertiary/aromatic N) is 1. The molecule has 0 aromatic carbocycles. The summed E-state index contributed by atoms with van der Waals surface area (Å²) >= 11 is 5.54. The van der Waals surface area contributed by atoms with Crippen LogP contribution < -0.4 is 0 Å². The van der Waals surface area contributed by atoms with Crippen LogP contribution in [-0.4, -0.2) is 35.4 Å². The van der Waals surface area contributed by atoms with Crippen molar-refractivity contribution >= 4 is 23.5 Å². The first kappa shape index (κ1) is 10.3. The van der Waals surface area contributed by atoms with E-state index in [1.165, 1.54) is 4.90 Å². The van der Waals surface area contributed by atoms with Crippen LogP contribution >= 0.6 is 11.6 Å². The molecule has 5 heteroatoms. The molecule has 1 amide bonds. The molecular formula is C8H12ClNO3. The average Bonchev–Trinajstić information content (AvgIpc) is 2.47. The SMILES string of the molecule is CCOC(=O)C1CCC(=O)N1CCl. The summed E-state index contributed by atoms with van der Waals surface area (Å²) in [6.45, 7) is 2.07. The highest BCUT2D eigenvalue weighted by Crippen LogP contribution is 2.20. The zero-order valence-electron chi connectivity index (χ0n) is 7.46. The third-order valence-corrected chi connectivity index (χ3v) is 2.27. The van der Waals surface area contributed by atoms with E-state index in [2.05, 4.69) is 0 Å². The zero-order chi connectivity index (χ0) is 9.84. The van der Waals surface area contributed by atoms with Crippen LogP contribution in [0, 0.1) is 0 Å². The van der Waals surface area contributed by atoms with E-state index in [0.717, 1.165) is 0 Å². The van der Waals surface area contributed by atoms with Crippen LogP contribution in [0.2, 0.25) is 0 Å². The molecule has 0 radical (unpaired) electrons. The first-order chi connectivity index (χ1) is 6.20. The lowest BCUT2D eigenvalue weighted by Gasteiger charge is -2.19. The van der Waals surface area contributed by atoms with E-state index in [1.54, 1.807) is 6.92 Å². The molecule has 1 aliphatic rings. The van der Waals surface area contributed by atoms with Crippen molar-refractivity contribution in [2.45, 2.75) is 25.8 Å². The standard InChI is InChI=1S/C8H12ClNO3/c1-2-13-8(12)6-3-4-7(11)10(6)5-9/h6H,2-5H2,1H3. The van der Waals surface area contributed by atoms with Crippen molar-refractivity contribution in [1.82, 2.24) is 4.90 Å². The van der Waals surface area contributed by atoms with Gasteiger partial charge in [0.15, 0.2) is 0 Å². The average molecular weight is 206 g/mol. The molecule has 1 heterocycles. The Morgan fingerprint density at radius 2 is 2.46 bits per heavy atom. The number of halogens is 1. The molecule has 0 bridgehead atoms. The number of hydrogen-bond donors (Lipinski definition) is 0. The van der Waals surface area contributed by atoms with Crippen molar-refractivity contribution in [3.8, 4) is 0 Å².